The van der Waals surface area contributed by atoms with Gasteiger partial charge in [-0.15, -0.1) is 0 Å². The number of aliphatic hydroxyl groups is 1. The fourth-order valence-electron chi connectivity index (χ4n) is 7.67. The Labute approximate surface area is 432 Å². The number of hydrogen-bond acceptors (Lipinski definition) is 12. The zero-order valence-electron chi connectivity index (χ0n) is 43.2. The molecule has 8 amide bonds. The summed E-state index contributed by atoms with van der Waals surface area (Å²) >= 11 is 0. The van der Waals surface area contributed by atoms with Gasteiger partial charge in [0, 0.05) is 12.8 Å². The molecule has 21 heteroatoms. The van der Waals surface area contributed by atoms with Gasteiger partial charge in [-0.2, -0.15) is 0 Å². The van der Waals surface area contributed by atoms with E-state index >= 15 is 0 Å². The minimum absolute atomic E-state index is 0.00277. The highest BCUT2D eigenvalue weighted by atomic mass is 16.4. The largest absolute Gasteiger partial charge is 0.508 e. The van der Waals surface area contributed by atoms with E-state index in [-0.39, 0.29) is 49.7 Å². The Balaban J connectivity index is 1.68. The average Bonchev–Trinajstić information content (AvgIpc) is 3.36. The minimum atomic E-state index is -1.61. The Kier molecular flexibility index (Phi) is 25.2. The third kappa shape index (κ3) is 21.0. The molecule has 0 aromatic heterocycles. The normalized spacial score (nSPS) is 14.8. The van der Waals surface area contributed by atoms with Gasteiger partial charge < -0.3 is 63.6 Å². The Morgan fingerprint density at radius 2 is 0.959 bits per heavy atom. The van der Waals surface area contributed by atoms with Crippen LogP contribution < -0.4 is 48.3 Å². The molecular weight excluding hydrogens is 955 g/mol. The second-order valence-corrected chi connectivity index (χ2v) is 19.3. The van der Waals surface area contributed by atoms with E-state index in [1.807, 2.05) is 6.92 Å². The van der Waals surface area contributed by atoms with Gasteiger partial charge in [-0.3, -0.25) is 38.4 Å². The summed E-state index contributed by atoms with van der Waals surface area (Å²) in [7, 11) is 0. The molecule has 0 aliphatic carbocycles. The maximum absolute atomic E-state index is 13.9. The average molecular weight is 1030 g/mol. The summed E-state index contributed by atoms with van der Waals surface area (Å²) in [5.41, 5.74) is 8.22. The molecule has 3 aromatic rings. The first-order valence-electron chi connectivity index (χ1n) is 24.9. The van der Waals surface area contributed by atoms with Crippen LogP contribution >= 0.6 is 0 Å². The second kappa shape index (κ2) is 30.6. The van der Waals surface area contributed by atoms with E-state index in [9.17, 15) is 58.5 Å². The van der Waals surface area contributed by atoms with E-state index < -0.39 is 121 Å². The van der Waals surface area contributed by atoms with E-state index in [0.29, 0.717) is 23.1 Å². The SMILES string of the molecule is CC[C@H](C)[C@H](NC(=O)[C@@H](N)Cc1ccc(O)cc1)C(=O)N[C@@H](Cc1ccccc1)C(=O)NCC(=O)N[C@@H](CO)C(=O)N[C@@H](CC(C)C)C(=O)N[C@@H](C)C(=O)N[C@@H](Cc1ccccc1)C(=O)N[C@@H](CC(C)C)C(=O)O. The molecule has 0 aliphatic rings. The van der Waals surface area contributed by atoms with Crippen LogP contribution in [-0.2, 0) is 62.4 Å². The molecule has 3 aromatic carbocycles. The van der Waals surface area contributed by atoms with Crippen molar-refractivity contribution in [2.24, 2.45) is 23.5 Å². The summed E-state index contributed by atoms with van der Waals surface area (Å²) in [5, 5.41) is 50.0. The van der Waals surface area contributed by atoms with Gasteiger partial charge in [0.25, 0.3) is 0 Å². The van der Waals surface area contributed by atoms with Crippen molar-refractivity contribution < 1.29 is 58.5 Å². The number of hydrogen-bond donors (Lipinski definition) is 12. The summed E-state index contributed by atoms with van der Waals surface area (Å²) in [6.45, 7) is 10.5. The monoisotopic (exact) mass is 1030 g/mol. The molecule has 0 radical (unpaired) electrons. The number of nitrogens with one attached hydrogen (secondary N) is 8. The van der Waals surface area contributed by atoms with Gasteiger partial charge in [0.05, 0.1) is 19.2 Å². The van der Waals surface area contributed by atoms with Crippen LogP contribution in [0.15, 0.2) is 84.9 Å². The molecular formula is C53H75N9O12. The lowest BCUT2D eigenvalue weighted by atomic mass is 9.96. The van der Waals surface area contributed by atoms with Gasteiger partial charge in [0.15, 0.2) is 0 Å². The molecule has 0 fully saturated rings. The number of amides is 8. The van der Waals surface area contributed by atoms with Crippen molar-refractivity contribution in [3.63, 3.8) is 0 Å². The van der Waals surface area contributed by atoms with Crippen LogP contribution in [0.2, 0.25) is 0 Å². The first kappa shape index (κ1) is 60.9. The predicted molar refractivity (Wildman–Crippen MR) is 275 cm³/mol. The van der Waals surface area contributed by atoms with E-state index in [0.717, 1.165) is 0 Å². The molecule has 0 heterocycles. The smallest absolute Gasteiger partial charge is 0.326 e. The molecule has 0 unspecified atom stereocenters. The fourth-order valence-corrected chi connectivity index (χ4v) is 7.67. The number of carboxylic acids is 1. The Hall–Kier alpha value is -7.39. The predicted octanol–water partition coefficient (Wildman–Crippen LogP) is 0.492. The Bertz CT molecular complexity index is 2340. The van der Waals surface area contributed by atoms with Crippen LogP contribution in [0.25, 0.3) is 0 Å². The molecule has 0 spiro atoms. The summed E-state index contributed by atoms with van der Waals surface area (Å²) < 4.78 is 0. The first-order valence-corrected chi connectivity index (χ1v) is 24.9. The van der Waals surface area contributed by atoms with Gasteiger partial charge in [-0.05, 0) is 72.8 Å². The second-order valence-electron chi connectivity index (χ2n) is 19.3. The molecule has 404 valence electrons. The van der Waals surface area contributed by atoms with Crippen molar-refractivity contribution in [1.82, 2.24) is 42.5 Å². The zero-order valence-corrected chi connectivity index (χ0v) is 43.2. The molecule has 13 N–H and O–H groups in total. The van der Waals surface area contributed by atoms with Crippen molar-refractivity contribution in [2.75, 3.05) is 13.2 Å². The zero-order chi connectivity index (χ0) is 55.1. The number of phenolic OH excluding ortho intramolecular Hbond substituents is 1. The van der Waals surface area contributed by atoms with Crippen LogP contribution in [0.1, 0.15) is 84.4 Å². The highest BCUT2D eigenvalue weighted by molar-refractivity contribution is 5.97. The molecule has 74 heavy (non-hydrogen) atoms. The number of carboxylic acid groups (broad SMARTS) is 1. The van der Waals surface area contributed by atoms with E-state index in [1.54, 1.807) is 107 Å². The quantitative estimate of drug-likeness (QED) is 0.0433. The molecule has 9 atom stereocenters. The Morgan fingerprint density at radius 3 is 1.47 bits per heavy atom. The number of aliphatic carboxylic acids is 1. The molecule has 21 nitrogen and oxygen atoms in total. The standard InChI is InChI=1S/C53H75N9O12/c1-8-32(6)45(62-47(67)38(54)25-36-19-21-37(64)22-20-36)52(72)60-40(26-34-15-11-9-12-16-34)48(68)55-28-44(65)57-43(29-63)51(71)59-39(23-30(2)3)49(69)56-33(7)46(66)58-41(27-35-17-13-10-14-18-35)50(70)61-42(53(73)74)24-31(4)5/h9-22,30-33,38-43,45,63-64H,8,23-29,54H2,1-7H3,(H,55,68)(H,56,69)(H,57,65)(H,58,66)(H,59,71)(H,60,72)(H,61,70)(H,62,67)(H,73,74)/t32-,33-,38-,39-,40-,41-,42-,43-,45-/m0/s1. The summed E-state index contributed by atoms with van der Waals surface area (Å²) in [5.74, 6) is -8.11. The molecule has 0 saturated carbocycles. The number of benzene rings is 3. The maximum atomic E-state index is 13.9. The number of nitrogens with two attached hydrogens (primary N) is 1. The molecule has 0 saturated heterocycles. The highest BCUT2D eigenvalue weighted by Crippen LogP contribution is 2.14. The molecule has 0 bridgehead atoms. The van der Waals surface area contributed by atoms with Gasteiger partial charge in [-0.25, -0.2) is 4.79 Å². The lowest BCUT2D eigenvalue weighted by Gasteiger charge is -2.27. The highest BCUT2D eigenvalue weighted by Gasteiger charge is 2.34. The van der Waals surface area contributed by atoms with E-state index in [4.69, 9.17) is 5.73 Å². The number of aliphatic hydroxyl groups excluding tert-OH is 1. The van der Waals surface area contributed by atoms with Gasteiger partial charge >= 0.3 is 5.97 Å². The van der Waals surface area contributed by atoms with Crippen molar-refractivity contribution in [2.45, 2.75) is 135 Å². The number of carbonyl (C=O) groups is 9. The summed E-state index contributed by atoms with van der Waals surface area (Å²) in [6, 6.07) is 13.6. The Morgan fingerprint density at radius 1 is 0.500 bits per heavy atom. The van der Waals surface area contributed by atoms with Crippen LogP contribution in [0, 0.1) is 17.8 Å². The lowest BCUT2D eigenvalue weighted by Crippen LogP contribution is -2.60. The van der Waals surface area contributed by atoms with Crippen molar-refractivity contribution in [3.8, 4) is 5.75 Å². The van der Waals surface area contributed by atoms with Crippen LogP contribution in [-0.4, -0.2) is 130 Å². The maximum Gasteiger partial charge on any atom is 0.326 e. The molecule has 3 rings (SSSR count). The van der Waals surface area contributed by atoms with Gasteiger partial charge in [0.2, 0.25) is 47.3 Å². The topological polar surface area (TPSA) is 337 Å². The minimum Gasteiger partial charge on any atom is -0.508 e. The number of carbonyl (C=O) groups excluding carboxylic acids is 8. The van der Waals surface area contributed by atoms with Crippen LogP contribution in [0.5, 0.6) is 5.75 Å². The van der Waals surface area contributed by atoms with Crippen LogP contribution in [0.3, 0.4) is 0 Å². The third-order valence-corrected chi connectivity index (χ3v) is 12.0. The van der Waals surface area contributed by atoms with Gasteiger partial charge in [0.1, 0.15) is 48.0 Å². The van der Waals surface area contributed by atoms with Crippen molar-refractivity contribution >= 4 is 53.2 Å². The number of phenols is 1. The summed E-state index contributed by atoms with van der Waals surface area (Å²) in [6.07, 6.45) is 0.773. The lowest BCUT2D eigenvalue weighted by molar-refractivity contribution is -0.142. The van der Waals surface area contributed by atoms with E-state index in [1.165, 1.54) is 19.1 Å². The van der Waals surface area contributed by atoms with Crippen molar-refractivity contribution in [3.05, 3.63) is 102 Å². The number of aromatic hydroxyl groups is 1. The third-order valence-electron chi connectivity index (χ3n) is 12.0. The van der Waals surface area contributed by atoms with Crippen molar-refractivity contribution in [1.29, 1.82) is 0 Å². The van der Waals surface area contributed by atoms with Crippen LogP contribution in [0.4, 0.5) is 0 Å². The fraction of sp³-hybridized carbons (Fsp3) is 0.491. The van der Waals surface area contributed by atoms with E-state index in [2.05, 4.69) is 42.5 Å². The first-order chi connectivity index (χ1) is 35.0. The molecule has 0 aliphatic heterocycles. The van der Waals surface area contributed by atoms with Gasteiger partial charge in [-0.1, -0.05) is 121 Å². The number of rotatable bonds is 30. The summed E-state index contributed by atoms with van der Waals surface area (Å²) in [4.78, 5) is 120.